The molecule has 0 saturated carbocycles. The maximum absolute atomic E-state index is 13.4. The van der Waals surface area contributed by atoms with Gasteiger partial charge in [-0.2, -0.15) is 14.7 Å². The molecule has 5 nitrogen and oxygen atoms in total. The maximum Gasteiger partial charge on any atom is 0.165 e. The Morgan fingerprint density at radius 1 is 0.962 bits per heavy atom. The summed E-state index contributed by atoms with van der Waals surface area (Å²) in [5.74, 6) is 0.594. The van der Waals surface area contributed by atoms with Gasteiger partial charge in [0.2, 0.25) is 0 Å². The summed E-state index contributed by atoms with van der Waals surface area (Å²) in [6.45, 7) is 8.01. The van der Waals surface area contributed by atoms with Crippen LogP contribution in [-0.2, 0) is 6.42 Å². The highest BCUT2D eigenvalue weighted by molar-refractivity contribution is 5.80. The molecule has 132 valence electrons. The molecule has 0 unspecified atom stereocenters. The average Bonchev–Trinajstić information content (AvgIpc) is 3.14. The predicted octanol–water partition coefficient (Wildman–Crippen LogP) is 4.21. The van der Waals surface area contributed by atoms with Gasteiger partial charge in [0.25, 0.3) is 0 Å². The quantitative estimate of drug-likeness (QED) is 0.557. The Kier molecular flexibility index (Phi) is 3.83. The van der Waals surface area contributed by atoms with Crippen LogP contribution in [0.15, 0.2) is 36.4 Å². The number of aromatic nitrogens is 5. The molecule has 0 amide bonds. The minimum absolute atomic E-state index is 0.254. The van der Waals surface area contributed by atoms with Crippen LogP contribution in [0.5, 0.6) is 0 Å². The SMILES string of the molecule is CCc1nn2c(-n3nc(C)cc3C)cc(C)nc2c1-c1ccc(F)cc1. The maximum atomic E-state index is 13.4. The van der Waals surface area contributed by atoms with E-state index in [0.717, 1.165) is 51.8 Å². The highest BCUT2D eigenvalue weighted by atomic mass is 19.1. The van der Waals surface area contributed by atoms with E-state index in [9.17, 15) is 4.39 Å². The zero-order chi connectivity index (χ0) is 18.4. The normalized spacial score (nSPS) is 11.4. The molecule has 26 heavy (non-hydrogen) atoms. The van der Waals surface area contributed by atoms with Gasteiger partial charge < -0.3 is 0 Å². The van der Waals surface area contributed by atoms with Gasteiger partial charge in [-0.05, 0) is 51.0 Å². The number of halogens is 1. The predicted molar refractivity (Wildman–Crippen MR) is 99.1 cm³/mol. The summed E-state index contributed by atoms with van der Waals surface area (Å²) in [6.07, 6.45) is 0.756. The zero-order valence-corrected chi connectivity index (χ0v) is 15.3. The van der Waals surface area contributed by atoms with Crippen LogP contribution in [0.4, 0.5) is 4.39 Å². The summed E-state index contributed by atoms with van der Waals surface area (Å²) < 4.78 is 17.1. The first kappa shape index (κ1) is 16.4. The Morgan fingerprint density at radius 2 is 1.69 bits per heavy atom. The second-order valence-corrected chi connectivity index (χ2v) is 6.51. The van der Waals surface area contributed by atoms with Gasteiger partial charge in [-0.25, -0.2) is 14.1 Å². The van der Waals surface area contributed by atoms with Crippen molar-refractivity contribution in [3.8, 4) is 16.9 Å². The fourth-order valence-electron chi connectivity index (χ4n) is 3.33. The third-order valence-corrected chi connectivity index (χ3v) is 4.47. The van der Waals surface area contributed by atoms with Crippen LogP contribution in [-0.4, -0.2) is 24.4 Å². The first-order valence-corrected chi connectivity index (χ1v) is 8.66. The number of benzene rings is 1. The lowest BCUT2D eigenvalue weighted by molar-refractivity contribution is 0.628. The van der Waals surface area contributed by atoms with Crippen molar-refractivity contribution in [3.63, 3.8) is 0 Å². The molecule has 0 fully saturated rings. The van der Waals surface area contributed by atoms with Gasteiger partial charge in [0.05, 0.1) is 11.4 Å². The Morgan fingerprint density at radius 3 is 2.31 bits per heavy atom. The second kappa shape index (κ2) is 6.05. The van der Waals surface area contributed by atoms with Gasteiger partial charge >= 0.3 is 0 Å². The third kappa shape index (κ3) is 2.58. The van der Waals surface area contributed by atoms with E-state index in [2.05, 4.69) is 12.0 Å². The molecule has 3 heterocycles. The molecule has 0 saturated heterocycles. The molecule has 0 aliphatic rings. The van der Waals surface area contributed by atoms with Gasteiger partial charge in [0, 0.05) is 23.0 Å². The topological polar surface area (TPSA) is 48.0 Å². The van der Waals surface area contributed by atoms with E-state index < -0.39 is 0 Å². The number of nitrogens with zero attached hydrogens (tertiary/aromatic N) is 5. The average molecular weight is 349 g/mol. The van der Waals surface area contributed by atoms with Gasteiger partial charge in [-0.15, -0.1) is 0 Å². The van der Waals surface area contributed by atoms with Crippen LogP contribution in [0.2, 0.25) is 0 Å². The minimum Gasteiger partial charge on any atom is -0.233 e. The highest BCUT2D eigenvalue weighted by Crippen LogP contribution is 2.30. The van der Waals surface area contributed by atoms with Gasteiger partial charge in [-0.3, -0.25) is 0 Å². The van der Waals surface area contributed by atoms with Crippen molar-refractivity contribution in [1.82, 2.24) is 24.4 Å². The minimum atomic E-state index is -0.254. The van der Waals surface area contributed by atoms with Crippen molar-refractivity contribution >= 4 is 5.65 Å². The van der Waals surface area contributed by atoms with E-state index in [1.165, 1.54) is 12.1 Å². The number of rotatable bonds is 3. The highest BCUT2D eigenvalue weighted by Gasteiger charge is 2.19. The van der Waals surface area contributed by atoms with E-state index >= 15 is 0 Å². The van der Waals surface area contributed by atoms with Gasteiger partial charge in [-0.1, -0.05) is 19.1 Å². The lowest BCUT2D eigenvalue weighted by atomic mass is 10.0. The molecule has 0 atom stereocenters. The number of hydrogen-bond acceptors (Lipinski definition) is 3. The zero-order valence-electron chi connectivity index (χ0n) is 15.3. The monoisotopic (exact) mass is 349 g/mol. The summed E-state index contributed by atoms with van der Waals surface area (Å²) in [7, 11) is 0. The summed E-state index contributed by atoms with van der Waals surface area (Å²) >= 11 is 0. The Labute approximate surface area is 151 Å². The van der Waals surface area contributed by atoms with E-state index in [1.807, 2.05) is 42.1 Å². The molecule has 0 N–H and O–H groups in total. The fraction of sp³-hybridized carbons (Fsp3) is 0.250. The smallest absolute Gasteiger partial charge is 0.165 e. The standard InChI is InChI=1S/C20H20FN5/c1-5-17-19(15-6-8-16(21)9-7-15)20-22-12(2)11-18(26(20)24-17)25-14(4)10-13(3)23-25/h6-11H,5H2,1-4H3. The number of fused-ring (bicyclic) bond motifs is 1. The van der Waals surface area contributed by atoms with E-state index in [4.69, 9.17) is 10.1 Å². The molecular weight excluding hydrogens is 329 g/mol. The summed E-state index contributed by atoms with van der Waals surface area (Å²) in [5, 5.41) is 9.40. The molecular formula is C20H20FN5. The first-order chi connectivity index (χ1) is 12.5. The van der Waals surface area contributed by atoms with Crippen molar-refractivity contribution in [2.24, 2.45) is 0 Å². The number of hydrogen-bond donors (Lipinski definition) is 0. The molecule has 0 spiro atoms. The lowest BCUT2D eigenvalue weighted by Gasteiger charge is -2.08. The van der Waals surface area contributed by atoms with Crippen LogP contribution >= 0.6 is 0 Å². The van der Waals surface area contributed by atoms with Crippen LogP contribution in [0, 0.1) is 26.6 Å². The molecule has 0 aliphatic carbocycles. The molecule has 0 aliphatic heterocycles. The van der Waals surface area contributed by atoms with Gasteiger partial charge in [0.15, 0.2) is 11.5 Å². The van der Waals surface area contributed by atoms with Crippen molar-refractivity contribution in [2.45, 2.75) is 34.1 Å². The van der Waals surface area contributed by atoms with E-state index in [-0.39, 0.29) is 5.82 Å². The Bertz CT molecular complexity index is 1110. The fourth-order valence-corrected chi connectivity index (χ4v) is 3.33. The van der Waals surface area contributed by atoms with Crippen LogP contribution in [0.1, 0.15) is 29.7 Å². The first-order valence-electron chi connectivity index (χ1n) is 8.66. The van der Waals surface area contributed by atoms with Crippen LogP contribution in [0.25, 0.3) is 22.6 Å². The molecule has 0 radical (unpaired) electrons. The van der Waals surface area contributed by atoms with Gasteiger partial charge in [0.1, 0.15) is 5.82 Å². The lowest BCUT2D eigenvalue weighted by Crippen LogP contribution is -2.08. The summed E-state index contributed by atoms with van der Waals surface area (Å²) in [4.78, 5) is 4.73. The Balaban J connectivity index is 2.05. The van der Waals surface area contributed by atoms with Crippen molar-refractivity contribution in [1.29, 1.82) is 0 Å². The van der Waals surface area contributed by atoms with Crippen molar-refractivity contribution < 1.29 is 4.39 Å². The van der Waals surface area contributed by atoms with E-state index in [0.29, 0.717) is 0 Å². The molecule has 3 aromatic heterocycles. The largest absolute Gasteiger partial charge is 0.233 e. The second-order valence-electron chi connectivity index (χ2n) is 6.51. The third-order valence-electron chi connectivity index (χ3n) is 4.47. The van der Waals surface area contributed by atoms with Crippen LogP contribution < -0.4 is 0 Å². The molecule has 0 bridgehead atoms. The number of aryl methyl sites for hydroxylation is 4. The summed E-state index contributed by atoms with van der Waals surface area (Å²) in [5.41, 5.74) is 6.41. The molecule has 4 aromatic rings. The molecule has 6 heteroatoms. The molecule has 1 aromatic carbocycles. The van der Waals surface area contributed by atoms with E-state index in [1.54, 1.807) is 12.1 Å². The summed E-state index contributed by atoms with van der Waals surface area (Å²) in [6, 6.07) is 10.5. The molecule has 4 rings (SSSR count). The van der Waals surface area contributed by atoms with Crippen molar-refractivity contribution in [3.05, 3.63) is 65.0 Å². The Hall–Kier alpha value is -3.02. The van der Waals surface area contributed by atoms with Crippen molar-refractivity contribution in [2.75, 3.05) is 0 Å². The van der Waals surface area contributed by atoms with Crippen LogP contribution in [0.3, 0.4) is 0 Å².